The highest BCUT2D eigenvalue weighted by atomic mass is 35.5. The van der Waals surface area contributed by atoms with Gasteiger partial charge in [0.1, 0.15) is 27.4 Å². The molecule has 71 heavy (non-hydrogen) atoms. The zero-order valence-corrected chi connectivity index (χ0v) is 40.5. The third-order valence-electron chi connectivity index (χ3n) is 13.8. The van der Waals surface area contributed by atoms with Gasteiger partial charge in [-0.25, -0.2) is 18.0 Å². The summed E-state index contributed by atoms with van der Waals surface area (Å²) in [5.41, 5.74) is -0.842. The first kappa shape index (κ1) is 49.9. The number of carbonyl (C=O) groups excluding carboxylic acids is 2. The minimum absolute atomic E-state index is 0.0742. The van der Waals surface area contributed by atoms with E-state index in [0.717, 1.165) is 67.1 Å². The molecule has 4 aliphatic heterocycles. The number of hydrogen-bond acceptors (Lipinski definition) is 11. The molecule has 0 unspecified atom stereocenters. The number of piperidine rings is 3. The number of carboxylic acids is 1. The van der Waals surface area contributed by atoms with Gasteiger partial charge < -0.3 is 34.6 Å². The fraction of sp³-hybridized carbons (Fsp3) is 0.373. The number of nitrogens with zero attached hydrogens (tertiary/aromatic N) is 3. The smallest absolute Gasteiger partial charge is 0.408 e. The van der Waals surface area contributed by atoms with E-state index in [0.29, 0.717) is 22.8 Å². The number of sulfonamides is 1. The van der Waals surface area contributed by atoms with E-state index in [2.05, 4.69) is 10.2 Å². The van der Waals surface area contributed by atoms with Crippen molar-refractivity contribution in [3.63, 3.8) is 0 Å². The highest BCUT2D eigenvalue weighted by Gasteiger charge is 2.58. The number of nitrogens with one attached hydrogen (secondary N) is 1. The van der Waals surface area contributed by atoms with Crippen molar-refractivity contribution in [2.24, 2.45) is 11.8 Å². The zero-order chi connectivity index (χ0) is 50.0. The standard InChI is InChI=1S/C51H50Cl2F2N4O11S/c52-41-27-58(64)28-42(53)39(41)26-40(34-15-16-43(69-49(54)55)44(25-34)67-30-31-13-14-31)51(48(61)62)19-6-20-59(51)71(65,66)38-12-5-10-36(24-38)47(60)68-37-11-4-9-35(23-37)46(33-7-2-1-3-8-33)56-50(63)70-45-29-57-21-17-32(45)18-22-57/h1-5,7-12,15-16,23-25,27-28,31-32,40,45-46,49H,6,13-14,17-22,26,29-30H2,(H,56,63)(H,61,62)/t40-,45-,46-,51-/m0/s1. The van der Waals surface area contributed by atoms with E-state index >= 15 is 8.42 Å². The number of fused-ring (bicyclic) bond motifs is 3. The minimum atomic E-state index is -4.80. The first-order chi connectivity index (χ1) is 34.1. The van der Waals surface area contributed by atoms with Crippen LogP contribution in [0.3, 0.4) is 0 Å². The summed E-state index contributed by atoms with van der Waals surface area (Å²) >= 11 is 13.1. The van der Waals surface area contributed by atoms with Gasteiger partial charge in [-0.1, -0.05) is 77.8 Å². The Kier molecular flexibility index (Phi) is 14.7. The summed E-state index contributed by atoms with van der Waals surface area (Å²) in [7, 11) is -4.80. The Morgan fingerprint density at radius 1 is 0.859 bits per heavy atom. The minimum Gasteiger partial charge on any atom is -0.619 e. The van der Waals surface area contributed by atoms with Crippen LogP contribution in [0.2, 0.25) is 10.0 Å². The molecule has 2 N–H and O–H groups in total. The van der Waals surface area contributed by atoms with Crippen LogP contribution in [0.15, 0.2) is 114 Å². The van der Waals surface area contributed by atoms with Gasteiger partial charge in [-0.2, -0.15) is 17.8 Å². The first-order valence-corrected chi connectivity index (χ1v) is 25.5. The van der Waals surface area contributed by atoms with Crippen LogP contribution in [-0.2, 0) is 26.0 Å². The second-order valence-electron chi connectivity index (χ2n) is 18.4. The lowest BCUT2D eigenvalue weighted by Crippen LogP contribution is -2.57. The second-order valence-corrected chi connectivity index (χ2v) is 21.0. The third kappa shape index (κ3) is 10.9. The van der Waals surface area contributed by atoms with Gasteiger partial charge in [0, 0.05) is 24.6 Å². The second kappa shape index (κ2) is 21.0. The topological polar surface area (TPSA) is 188 Å². The van der Waals surface area contributed by atoms with Gasteiger partial charge in [-0.05, 0) is 129 Å². The molecule has 5 aliphatic rings. The van der Waals surface area contributed by atoms with Gasteiger partial charge in [0.25, 0.3) is 0 Å². The summed E-state index contributed by atoms with van der Waals surface area (Å²) < 4.78 is 81.0. The molecule has 5 fully saturated rings. The number of aliphatic carboxylic acids is 1. The fourth-order valence-corrected chi connectivity index (χ4v) is 12.5. The van der Waals surface area contributed by atoms with E-state index in [4.69, 9.17) is 42.1 Å². The summed E-state index contributed by atoms with van der Waals surface area (Å²) in [6.45, 7) is -0.664. The highest BCUT2D eigenvalue weighted by Crippen LogP contribution is 2.49. The van der Waals surface area contributed by atoms with Crippen molar-refractivity contribution in [2.45, 2.75) is 80.1 Å². The summed E-state index contributed by atoms with van der Waals surface area (Å²) in [6.07, 6.45) is 4.41. The van der Waals surface area contributed by atoms with Crippen molar-refractivity contribution >= 4 is 51.3 Å². The molecule has 20 heteroatoms. The highest BCUT2D eigenvalue weighted by molar-refractivity contribution is 7.89. The van der Waals surface area contributed by atoms with E-state index in [9.17, 15) is 33.5 Å². The van der Waals surface area contributed by atoms with Crippen molar-refractivity contribution in [1.29, 1.82) is 0 Å². The first-order valence-electron chi connectivity index (χ1n) is 23.3. The maximum atomic E-state index is 15.0. The van der Waals surface area contributed by atoms with E-state index in [1.807, 2.05) is 30.3 Å². The van der Waals surface area contributed by atoms with E-state index in [1.165, 1.54) is 42.5 Å². The third-order valence-corrected chi connectivity index (χ3v) is 16.4. The number of pyridine rings is 1. The Bertz CT molecular complexity index is 2890. The van der Waals surface area contributed by atoms with E-state index in [1.54, 1.807) is 18.2 Å². The molecule has 4 saturated heterocycles. The number of ether oxygens (including phenoxy) is 4. The molecule has 0 radical (unpaired) electrons. The van der Waals surface area contributed by atoms with Crippen molar-refractivity contribution in [2.75, 3.05) is 32.8 Å². The molecular weight excluding hydrogens is 986 g/mol. The number of alkyl halides is 2. The molecule has 374 valence electrons. The molecule has 5 heterocycles. The van der Waals surface area contributed by atoms with Gasteiger partial charge in [-0.15, -0.1) is 0 Å². The zero-order valence-electron chi connectivity index (χ0n) is 38.1. The lowest BCUT2D eigenvalue weighted by Gasteiger charge is -2.43. The monoisotopic (exact) mass is 1030 g/mol. The maximum absolute atomic E-state index is 15.0. The quantitative estimate of drug-likeness (QED) is 0.0368. The predicted octanol–water partition coefficient (Wildman–Crippen LogP) is 8.78. The van der Waals surface area contributed by atoms with Crippen molar-refractivity contribution in [1.82, 2.24) is 14.5 Å². The molecule has 1 aromatic heterocycles. The van der Waals surface area contributed by atoms with Crippen LogP contribution in [0.25, 0.3) is 0 Å². The number of carboxylic acid groups (broad SMARTS) is 1. The van der Waals surface area contributed by atoms with Crippen LogP contribution in [0.5, 0.6) is 17.2 Å². The molecule has 15 nitrogen and oxygen atoms in total. The van der Waals surface area contributed by atoms with Gasteiger partial charge in [0.2, 0.25) is 10.0 Å². The number of aromatic nitrogens is 1. The Morgan fingerprint density at radius 3 is 2.25 bits per heavy atom. The molecule has 1 aliphatic carbocycles. The number of carbonyl (C=O) groups is 3. The van der Waals surface area contributed by atoms with Gasteiger partial charge in [0.05, 0.1) is 23.1 Å². The van der Waals surface area contributed by atoms with E-state index < -0.39 is 57.1 Å². The molecule has 10 rings (SSSR count). The van der Waals surface area contributed by atoms with Crippen LogP contribution >= 0.6 is 23.2 Å². The number of amides is 1. The SMILES string of the molecule is O=C(N[C@@H](c1ccccc1)c1cccc(OC(=O)c2cccc(S(=O)(=O)N3CCC[C@@]3(C(=O)O)[C@@H](Cc3c(Cl)c[n+]([O-])cc3Cl)c3ccc(OC(F)F)c(OCC4CC4)c3)c2)c1)O[C@H]1CN2CCC1CC2. The summed E-state index contributed by atoms with van der Waals surface area (Å²) in [4.78, 5) is 43.2. The largest absolute Gasteiger partial charge is 0.619 e. The Hall–Kier alpha value is -6.05. The number of halogens is 4. The number of esters is 1. The van der Waals surface area contributed by atoms with Gasteiger partial charge in [-0.3, -0.25) is 9.69 Å². The van der Waals surface area contributed by atoms with Crippen LogP contribution in [0, 0.1) is 17.0 Å². The number of rotatable bonds is 18. The Morgan fingerprint density at radius 2 is 1.58 bits per heavy atom. The number of hydrogen-bond donors (Lipinski definition) is 2. The van der Waals surface area contributed by atoms with Crippen LogP contribution in [-0.4, -0.2) is 91.8 Å². The normalized spacial score (nSPS) is 21.8. The Balaban J connectivity index is 1.01. The number of alkyl carbamates (subject to hydrolysis) is 1. The summed E-state index contributed by atoms with van der Waals surface area (Å²) in [5, 5.41) is 26.4. The van der Waals surface area contributed by atoms with Gasteiger partial charge >= 0.3 is 24.6 Å². The Labute approximate surface area is 418 Å². The molecule has 1 saturated carbocycles. The molecule has 4 atom stereocenters. The fourth-order valence-electron chi connectivity index (χ4n) is 10.1. The summed E-state index contributed by atoms with van der Waals surface area (Å²) in [5.74, 6) is -3.66. The molecule has 0 spiro atoms. The van der Waals surface area contributed by atoms with Crippen LogP contribution in [0.4, 0.5) is 13.6 Å². The lowest BCUT2D eigenvalue weighted by molar-refractivity contribution is -0.605. The van der Waals surface area contributed by atoms with Crippen molar-refractivity contribution in [3.05, 3.63) is 153 Å². The lowest BCUT2D eigenvalue weighted by atomic mass is 9.74. The predicted molar refractivity (Wildman–Crippen MR) is 255 cm³/mol. The molecule has 5 aromatic rings. The molecular formula is C51H50Cl2F2N4O11S. The number of benzene rings is 4. The van der Waals surface area contributed by atoms with Crippen LogP contribution in [0.1, 0.15) is 83.1 Å². The van der Waals surface area contributed by atoms with Crippen molar-refractivity contribution < 1.29 is 60.4 Å². The average molecular weight is 1040 g/mol. The summed E-state index contributed by atoms with van der Waals surface area (Å²) in [6, 6.07) is 24.0. The van der Waals surface area contributed by atoms with Crippen molar-refractivity contribution in [3.8, 4) is 17.2 Å². The van der Waals surface area contributed by atoms with Gasteiger partial charge in [0.15, 0.2) is 23.9 Å². The van der Waals surface area contributed by atoms with Crippen LogP contribution < -0.4 is 24.3 Å². The maximum Gasteiger partial charge on any atom is 0.408 e. The van der Waals surface area contributed by atoms with E-state index in [-0.39, 0.29) is 88.4 Å². The average Bonchev–Trinajstić information content (AvgIpc) is 4.07. The molecule has 4 aromatic carbocycles. The molecule has 2 bridgehead atoms. The molecule has 1 amide bonds.